The Balaban J connectivity index is 0.000000131. The number of morpholine rings is 3. The number of aromatic hydroxyl groups is 1. The van der Waals surface area contributed by atoms with E-state index >= 15 is 0 Å². The number of thiophene rings is 3. The molecule has 0 radical (unpaired) electrons. The molecule has 36 heteroatoms. The molecule has 32 nitrogen and oxygen atoms in total. The molecule has 0 bridgehead atoms. The molecule has 4 N–H and O–H groups in total. The molecule has 4 amide bonds. The number of aromatic nitrogens is 10. The normalized spacial score (nSPS) is 18.4. The smallest absolute Gasteiger partial charge is 0.306 e. The van der Waals surface area contributed by atoms with E-state index in [4.69, 9.17) is 54.6 Å². The average Bonchev–Trinajstić information content (AvgIpc) is 1.65. The minimum atomic E-state index is -3.33. The molecular formula is C74H84N20O12S4. The molecule has 576 valence electrons. The largest absolute Gasteiger partial charge is 0.508 e. The predicted molar refractivity (Wildman–Crippen MR) is 418 cm³/mol. The van der Waals surface area contributed by atoms with E-state index in [0.717, 1.165) is 127 Å². The minimum Gasteiger partial charge on any atom is -0.508 e. The molecule has 0 aliphatic carbocycles. The molecule has 7 fully saturated rings. The SMILES string of the molecule is C/C=C/S(=O)(=O)N1CCN(Cc2cc3nc(-c4cnc(N)nc4)nc(N4CCOCC4)c3s2)CC1.CN(Cc1cc2nc(-c3cccc(O)c3)nc(N3CCOCC3)c2s1)C(=O)CCC(=O)N1CCC1=O.O=C1CC[C@@H](C(=O)N2CCN(Cc3cc4nc(-c5cccc6[nH]ncc56)nc(N5CCOCC5)c4s3)CC2)O1. The number of likely N-dealkylation sites (tertiary alicyclic amines) is 1. The zero-order valence-electron chi connectivity index (χ0n) is 60.9. The topological polar surface area (TPSA) is 364 Å². The summed E-state index contributed by atoms with van der Waals surface area (Å²) in [6.45, 7) is 17.7. The maximum atomic E-state index is 12.7. The number of carbonyl (C=O) groups excluding carboxylic acids is 5. The van der Waals surface area contributed by atoms with E-state index in [1.165, 1.54) is 24.4 Å². The number of phenols is 1. The lowest BCUT2D eigenvalue weighted by Crippen LogP contribution is -2.51. The van der Waals surface area contributed by atoms with Crippen LogP contribution in [-0.2, 0) is 72.6 Å². The lowest BCUT2D eigenvalue weighted by Gasteiger charge is -2.35. The number of amides is 4. The van der Waals surface area contributed by atoms with Crippen LogP contribution in [0.4, 0.5) is 23.4 Å². The number of carbonyl (C=O) groups is 5. The summed E-state index contributed by atoms with van der Waals surface area (Å²) >= 11 is 4.97. The number of rotatable bonds is 18. The third-order valence-corrected chi connectivity index (χ3v) is 25.0. The van der Waals surface area contributed by atoms with E-state index in [-0.39, 0.29) is 54.1 Å². The number of sulfonamides is 1. The highest BCUT2D eigenvalue weighted by Crippen LogP contribution is 2.40. The number of H-pyrrole nitrogens is 1. The first-order valence-electron chi connectivity index (χ1n) is 36.8. The van der Waals surface area contributed by atoms with E-state index in [2.05, 4.69) is 56.8 Å². The van der Waals surface area contributed by atoms with Crippen molar-refractivity contribution < 1.29 is 56.4 Å². The maximum Gasteiger partial charge on any atom is 0.306 e. The van der Waals surface area contributed by atoms with Crippen LogP contribution in [0.25, 0.3) is 75.7 Å². The number of ether oxygens (including phenoxy) is 4. The Hall–Kier alpha value is -9.89. The minimum absolute atomic E-state index is 0.0290. The van der Waals surface area contributed by atoms with Gasteiger partial charge in [-0.05, 0) is 43.3 Å². The Morgan fingerprint density at radius 1 is 0.627 bits per heavy atom. The van der Waals surface area contributed by atoms with Crippen LogP contribution >= 0.6 is 34.0 Å². The molecule has 0 spiro atoms. The number of imide groups is 1. The highest BCUT2D eigenvalue weighted by Gasteiger charge is 2.36. The van der Waals surface area contributed by atoms with Crippen molar-refractivity contribution >= 4 is 139 Å². The number of piperazine rings is 2. The van der Waals surface area contributed by atoms with Gasteiger partial charge in [0.1, 0.15) is 5.75 Å². The van der Waals surface area contributed by atoms with Crippen LogP contribution in [0.1, 0.15) is 53.7 Å². The lowest BCUT2D eigenvalue weighted by molar-refractivity contribution is -0.153. The molecule has 15 heterocycles. The van der Waals surface area contributed by atoms with E-state index in [1.54, 1.807) is 89.6 Å². The van der Waals surface area contributed by atoms with Crippen LogP contribution in [-0.4, -0.2) is 273 Å². The summed E-state index contributed by atoms with van der Waals surface area (Å²) in [5.74, 6) is 3.83. The van der Waals surface area contributed by atoms with Crippen LogP contribution in [0.5, 0.6) is 5.75 Å². The molecule has 17 rings (SSSR count). The number of hydrogen-bond donors (Lipinski definition) is 3. The van der Waals surface area contributed by atoms with Crippen LogP contribution in [0.2, 0.25) is 0 Å². The zero-order chi connectivity index (χ0) is 76.0. The Labute approximate surface area is 645 Å². The third kappa shape index (κ3) is 17.3. The van der Waals surface area contributed by atoms with Gasteiger partial charge in [0.25, 0.3) is 5.91 Å². The molecule has 2 aromatic carbocycles. The first-order valence-corrected chi connectivity index (χ1v) is 40.7. The average molecular weight is 1570 g/mol. The van der Waals surface area contributed by atoms with Crippen molar-refractivity contribution in [2.24, 2.45) is 0 Å². The van der Waals surface area contributed by atoms with E-state index in [1.807, 2.05) is 41.4 Å². The van der Waals surface area contributed by atoms with Crippen molar-refractivity contribution in [3.63, 3.8) is 0 Å². The third-order valence-electron chi connectivity index (χ3n) is 20.0. The number of nitrogens with two attached hydrogens (primary N) is 1. The van der Waals surface area contributed by atoms with Gasteiger partial charge in [0.15, 0.2) is 41.0 Å². The number of nitrogens with one attached hydrogen (secondary N) is 1. The van der Waals surface area contributed by atoms with Crippen molar-refractivity contribution in [1.82, 2.24) is 78.9 Å². The fraction of sp³-hybridized carbons (Fsp3) is 0.432. The van der Waals surface area contributed by atoms with Crippen LogP contribution < -0.4 is 20.4 Å². The highest BCUT2D eigenvalue weighted by atomic mass is 32.2. The van der Waals surface area contributed by atoms with Crippen molar-refractivity contribution in [2.45, 2.75) is 64.8 Å². The van der Waals surface area contributed by atoms with Gasteiger partial charge in [-0.25, -0.2) is 48.3 Å². The van der Waals surface area contributed by atoms with Crippen LogP contribution in [0.3, 0.4) is 0 Å². The van der Waals surface area contributed by atoms with Gasteiger partial charge < -0.3 is 54.3 Å². The van der Waals surface area contributed by atoms with Gasteiger partial charge in [0.2, 0.25) is 33.7 Å². The Bertz CT molecular complexity index is 5180. The molecule has 8 aromatic heterocycles. The van der Waals surface area contributed by atoms with Crippen LogP contribution in [0.15, 0.2) is 90.7 Å². The fourth-order valence-corrected chi connectivity index (χ4v) is 18.7. The molecular weight excluding hydrogens is 1490 g/mol. The number of cyclic esters (lactones) is 1. The summed E-state index contributed by atoms with van der Waals surface area (Å²) < 4.78 is 51.1. The van der Waals surface area contributed by atoms with Gasteiger partial charge in [-0.1, -0.05) is 30.3 Å². The molecule has 0 unspecified atom stereocenters. The second-order valence-electron chi connectivity index (χ2n) is 27.5. The summed E-state index contributed by atoms with van der Waals surface area (Å²) in [4.78, 5) is 117. The summed E-state index contributed by atoms with van der Waals surface area (Å²) in [7, 11) is -1.62. The summed E-state index contributed by atoms with van der Waals surface area (Å²) in [5, 5.41) is 19.5. The van der Waals surface area contributed by atoms with E-state index < -0.39 is 16.1 Å². The number of nitrogens with zero attached hydrogens (tertiary/aromatic N) is 18. The van der Waals surface area contributed by atoms with Gasteiger partial charge in [0, 0.05) is 199 Å². The van der Waals surface area contributed by atoms with Gasteiger partial charge in [0.05, 0.1) is 94.1 Å². The number of fused-ring (bicyclic) bond motifs is 4. The standard InChI is InChI=1S/C27H29N7O4S.C25H27N5O5S.C22H28N8O3S2/c35-23-5-4-22(38-23)27(36)34-8-6-32(7-9-34)16-17-14-21-24(39-17)26(33-10-12-37-13-11-33)30-25(29-21)18-2-1-3-20-19(18)15-28-31-20;1-28(20(32)5-6-21(33)30-8-7-22(30)34)15-18-14-19-23(36-18)25(29-9-11-35-12-10-29)27-24(26-19)16-3-2-4-17(31)13-16;1-2-11-35(31,32)30-5-3-28(4-6-30)15-17-12-18-19(34-17)21(29-7-9-33-10-8-29)27-20(26-18)16-13-24-22(23)25-14-16/h1-3,14-15,22H,4-13,16H2,(H,28,31);2-4,13-14,31H,5-12,15H2,1H3;2,11-14H,3-10,15H2,1H3,(H2,23,24,25)/b;;11-2+/t22-;;/m0../s1. The zero-order valence-corrected chi connectivity index (χ0v) is 64.2. The Kier molecular flexibility index (Phi) is 23.2. The number of allylic oxidation sites excluding steroid dienone is 1. The number of anilines is 4. The summed E-state index contributed by atoms with van der Waals surface area (Å²) in [6, 6.07) is 19.2. The molecule has 7 saturated heterocycles. The summed E-state index contributed by atoms with van der Waals surface area (Å²) in [5.41, 5.74) is 11.6. The number of β-lactam (4-membered cyclic amide) rings is 1. The highest BCUT2D eigenvalue weighted by molar-refractivity contribution is 7.92. The molecule has 7 aliphatic rings. The number of hydrogen-bond acceptors (Lipinski definition) is 30. The van der Waals surface area contributed by atoms with Crippen molar-refractivity contribution in [1.29, 1.82) is 0 Å². The Morgan fingerprint density at radius 2 is 1.16 bits per heavy atom. The van der Waals surface area contributed by atoms with Crippen molar-refractivity contribution in [3.05, 3.63) is 105 Å². The van der Waals surface area contributed by atoms with Crippen molar-refractivity contribution in [3.8, 4) is 39.9 Å². The second kappa shape index (κ2) is 33.8. The molecule has 7 aliphatic heterocycles. The second-order valence-corrected chi connectivity index (χ2v) is 32.7. The first-order chi connectivity index (χ1) is 53.4. The van der Waals surface area contributed by atoms with Gasteiger partial charge in [-0.15, -0.1) is 34.0 Å². The van der Waals surface area contributed by atoms with Crippen LogP contribution in [0, 0.1) is 0 Å². The molecule has 110 heavy (non-hydrogen) atoms. The molecule has 10 aromatic rings. The van der Waals surface area contributed by atoms with Crippen molar-refractivity contribution in [2.75, 3.05) is 165 Å². The Morgan fingerprint density at radius 3 is 1.70 bits per heavy atom. The molecule has 0 saturated carbocycles. The number of nitrogen functional groups attached to an aromatic ring is 1. The number of esters is 1. The van der Waals surface area contributed by atoms with E-state index in [0.29, 0.717) is 147 Å². The van der Waals surface area contributed by atoms with Gasteiger partial charge in [-0.2, -0.15) is 9.40 Å². The maximum absolute atomic E-state index is 12.7. The molecule has 1 atom stereocenters. The predicted octanol–water partition coefficient (Wildman–Crippen LogP) is 6.37. The number of aromatic amines is 1. The number of phenolic OH excluding ortho intramolecular Hbond substituents is 1. The number of benzene rings is 2. The van der Waals surface area contributed by atoms with Gasteiger partial charge >= 0.3 is 5.97 Å². The fourth-order valence-electron chi connectivity index (χ4n) is 14.0. The van der Waals surface area contributed by atoms with E-state index in [9.17, 15) is 37.5 Å². The summed E-state index contributed by atoms with van der Waals surface area (Å²) in [6.07, 6.45) is 7.37. The lowest BCUT2D eigenvalue weighted by atomic mass is 10.1. The quantitative estimate of drug-likeness (QED) is 0.0620. The van der Waals surface area contributed by atoms with Gasteiger partial charge in [-0.3, -0.25) is 43.8 Å². The monoisotopic (exact) mass is 1570 g/mol. The first kappa shape index (κ1) is 75.5.